The average molecular weight is 525 g/mol. The van der Waals surface area contributed by atoms with E-state index in [1.165, 1.54) is 12.5 Å². The summed E-state index contributed by atoms with van der Waals surface area (Å²) < 4.78 is 6.05. The number of benzene rings is 2. The van der Waals surface area contributed by atoms with Crippen molar-refractivity contribution in [3.8, 4) is 0 Å². The Morgan fingerprint density at radius 1 is 0.795 bits per heavy atom. The van der Waals surface area contributed by atoms with Gasteiger partial charge in [-0.05, 0) is 98.7 Å². The highest BCUT2D eigenvalue weighted by molar-refractivity contribution is 6.28. The van der Waals surface area contributed by atoms with Crippen molar-refractivity contribution in [2.75, 3.05) is 0 Å². The zero-order valence-electron chi connectivity index (χ0n) is 22.8. The van der Waals surface area contributed by atoms with Crippen LogP contribution in [0.3, 0.4) is 0 Å². The first-order valence-corrected chi connectivity index (χ1v) is 14.8. The zero-order chi connectivity index (χ0) is 27.1. The van der Waals surface area contributed by atoms with E-state index >= 15 is 0 Å². The summed E-state index contributed by atoms with van der Waals surface area (Å²) in [6.07, 6.45) is 8.96. The van der Waals surface area contributed by atoms with Gasteiger partial charge in [-0.25, -0.2) is 4.79 Å². The van der Waals surface area contributed by atoms with Crippen LogP contribution in [-0.2, 0) is 9.53 Å². The van der Waals surface area contributed by atoms with E-state index < -0.39 is 5.97 Å². The van der Waals surface area contributed by atoms with E-state index in [-0.39, 0.29) is 34.1 Å². The van der Waals surface area contributed by atoms with Gasteiger partial charge in [0.25, 0.3) is 0 Å². The average Bonchev–Trinajstić information content (AvgIpc) is 3.25. The van der Waals surface area contributed by atoms with Gasteiger partial charge in [0.1, 0.15) is 11.9 Å². The van der Waals surface area contributed by atoms with Crippen molar-refractivity contribution < 1.29 is 23.9 Å². The van der Waals surface area contributed by atoms with E-state index in [4.69, 9.17) is 4.74 Å². The molecule has 0 bridgehead atoms. The number of ether oxygens (including phenoxy) is 1. The van der Waals surface area contributed by atoms with E-state index in [1.54, 1.807) is 36.4 Å². The van der Waals surface area contributed by atoms with Crippen LogP contribution in [0.1, 0.15) is 114 Å². The molecule has 0 amide bonds. The molecule has 0 aliphatic heterocycles. The minimum Gasteiger partial charge on any atom is -0.459 e. The molecule has 5 aliphatic carbocycles. The Balaban J connectivity index is 1.06. The summed E-state index contributed by atoms with van der Waals surface area (Å²) in [5, 5.41) is 0. The number of carbonyl (C=O) groups is 4. The number of Topliss-reactive ketones (excluding diaryl/α,β-unsaturated/α-hetero) is 1. The smallest absolute Gasteiger partial charge is 0.338 e. The van der Waals surface area contributed by atoms with Gasteiger partial charge in [0, 0.05) is 34.1 Å². The molecule has 2 aromatic carbocycles. The van der Waals surface area contributed by atoms with Crippen LogP contribution in [0.4, 0.5) is 0 Å². The molecule has 0 saturated heterocycles. The first kappa shape index (κ1) is 24.9. The van der Waals surface area contributed by atoms with Gasteiger partial charge in [-0.2, -0.15) is 0 Å². The first-order valence-electron chi connectivity index (χ1n) is 14.8. The Bertz CT molecular complexity index is 1420. The quantitative estimate of drug-likeness (QED) is 0.353. The number of esters is 1. The van der Waals surface area contributed by atoms with E-state index in [1.807, 2.05) is 0 Å². The van der Waals surface area contributed by atoms with Crippen LogP contribution in [0.2, 0.25) is 0 Å². The van der Waals surface area contributed by atoms with Crippen molar-refractivity contribution in [3.63, 3.8) is 0 Å². The summed E-state index contributed by atoms with van der Waals surface area (Å²) in [6, 6.07) is 11.6. The van der Waals surface area contributed by atoms with E-state index in [2.05, 4.69) is 13.8 Å². The van der Waals surface area contributed by atoms with Gasteiger partial charge in [-0.15, -0.1) is 0 Å². The van der Waals surface area contributed by atoms with Crippen LogP contribution >= 0.6 is 0 Å². The molecule has 202 valence electrons. The summed E-state index contributed by atoms with van der Waals surface area (Å²) >= 11 is 0. The van der Waals surface area contributed by atoms with Crippen LogP contribution in [-0.4, -0.2) is 29.4 Å². The molecule has 0 aromatic heterocycles. The minimum absolute atomic E-state index is 0.0972. The molecule has 5 heteroatoms. The third-order valence-electron chi connectivity index (χ3n) is 11.8. The highest BCUT2D eigenvalue weighted by atomic mass is 16.5. The van der Waals surface area contributed by atoms with Crippen LogP contribution < -0.4 is 0 Å². The minimum atomic E-state index is -0.419. The third kappa shape index (κ3) is 3.57. The lowest BCUT2D eigenvalue weighted by atomic mass is 9.45. The molecule has 0 N–H and O–H groups in total. The monoisotopic (exact) mass is 524 g/mol. The van der Waals surface area contributed by atoms with Crippen LogP contribution in [0.5, 0.6) is 0 Å². The Kier molecular flexibility index (Phi) is 5.57. The molecule has 0 heterocycles. The summed E-state index contributed by atoms with van der Waals surface area (Å²) in [5.41, 5.74) is 1.87. The van der Waals surface area contributed by atoms with E-state index in [0.717, 1.165) is 51.4 Å². The van der Waals surface area contributed by atoms with E-state index in [0.29, 0.717) is 51.7 Å². The largest absolute Gasteiger partial charge is 0.459 e. The Hall–Kier alpha value is -3.08. The fourth-order valence-corrected chi connectivity index (χ4v) is 9.54. The van der Waals surface area contributed by atoms with Gasteiger partial charge in [0.05, 0.1) is 5.56 Å². The zero-order valence-corrected chi connectivity index (χ0v) is 22.8. The number of carbonyl (C=O) groups excluding carboxylic acids is 4. The fraction of sp³-hybridized carbons (Fsp3) is 0.529. The second-order valence-corrected chi connectivity index (χ2v) is 13.3. The number of ketones is 3. The number of fused-ring (bicyclic) bond motifs is 7. The lowest BCUT2D eigenvalue weighted by Gasteiger charge is -2.60. The van der Waals surface area contributed by atoms with Crippen LogP contribution in [0, 0.1) is 34.5 Å². The SMILES string of the molecule is C[C@]12CC[C@H](OC(=O)c3ccc4c(c3)C(=O)c3ccccc3C4=O)C[C@@H]1CC[C@@H]1[C@@H]2CC[C@]2(C)C(=O)CC[C@@H]12. The topological polar surface area (TPSA) is 77.5 Å². The molecule has 7 rings (SSSR count). The van der Waals surface area contributed by atoms with Gasteiger partial charge in [-0.1, -0.05) is 38.1 Å². The molecule has 0 unspecified atom stereocenters. The molecule has 0 spiro atoms. The van der Waals surface area contributed by atoms with Crippen molar-refractivity contribution in [2.45, 2.75) is 77.7 Å². The molecular weight excluding hydrogens is 488 g/mol. The first-order chi connectivity index (χ1) is 18.7. The lowest BCUT2D eigenvalue weighted by Crippen LogP contribution is -2.54. The highest BCUT2D eigenvalue weighted by Gasteiger charge is 2.60. The Morgan fingerprint density at radius 2 is 1.51 bits per heavy atom. The van der Waals surface area contributed by atoms with Gasteiger partial charge >= 0.3 is 5.97 Å². The van der Waals surface area contributed by atoms with Crippen molar-refractivity contribution >= 4 is 23.3 Å². The van der Waals surface area contributed by atoms with Gasteiger partial charge in [-0.3, -0.25) is 14.4 Å². The molecule has 39 heavy (non-hydrogen) atoms. The van der Waals surface area contributed by atoms with Crippen molar-refractivity contribution in [2.24, 2.45) is 34.5 Å². The highest BCUT2D eigenvalue weighted by Crippen LogP contribution is 2.65. The van der Waals surface area contributed by atoms with Gasteiger partial charge in [0.15, 0.2) is 11.6 Å². The molecule has 0 radical (unpaired) electrons. The van der Waals surface area contributed by atoms with Crippen LogP contribution in [0.25, 0.3) is 0 Å². The second-order valence-electron chi connectivity index (χ2n) is 13.3. The standard InChI is InChI=1S/C34H36O5/c1-33-15-13-21(18-20(33)8-10-25-27-11-12-29(35)34(27,2)16-14-28(25)33)39-32(38)19-7-9-24-26(17-19)31(37)23-6-4-3-5-22(23)30(24)36/h3-7,9,17,20-21,25,27-28H,8,10-16,18H2,1-2H3/t20-,21-,25-,27-,28-,33-,34-/m0/s1. The summed E-state index contributed by atoms with van der Waals surface area (Å²) in [7, 11) is 0. The number of hydrogen-bond acceptors (Lipinski definition) is 5. The second kappa shape index (κ2) is 8.71. The van der Waals surface area contributed by atoms with E-state index in [9.17, 15) is 19.2 Å². The Morgan fingerprint density at radius 3 is 2.28 bits per heavy atom. The summed E-state index contributed by atoms with van der Waals surface area (Å²) in [4.78, 5) is 52.0. The molecule has 5 nitrogen and oxygen atoms in total. The molecule has 4 fully saturated rings. The lowest BCUT2D eigenvalue weighted by molar-refractivity contribution is -0.142. The maximum absolute atomic E-state index is 13.2. The molecule has 5 aliphatic rings. The summed E-state index contributed by atoms with van der Waals surface area (Å²) in [5.74, 6) is 2.03. The molecule has 2 aromatic rings. The number of rotatable bonds is 2. The summed E-state index contributed by atoms with van der Waals surface area (Å²) in [6.45, 7) is 4.70. The number of hydrogen-bond donors (Lipinski definition) is 0. The van der Waals surface area contributed by atoms with Gasteiger partial charge < -0.3 is 4.74 Å². The van der Waals surface area contributed by atoms with Gasteiger partial charge in [0.2, 0.25) is 0 Å². The normalized spacial score (nSPS) is 36.8. The van der Waals surface area contributed by atoms with Crippen LogP contribution in [0.15, 0.2) is 42.5 Å². The molecule has 7 atom stereocenters. The van der Waals surface area contributed by atoms with Crippen molar-refractivity contribution in [3.05, 3.63) is 70.3 Å². The fourth-order valence-electron chi connectivity index (χ4n) is 9.54. The maximum Gasteiger partial charge on any atom is 0.338 e. The predicted octanol–water partition coefficient (Wildman–Crippen LogP) is 6.60. The predicted molar refractivity (Wildman–Crippen MR) is 146 cm³/mol. The molecule has 4 saturated carbocycles. The van der Waals surface area contributed by atoms with Crippen molar-refractivity contribution in [1.29, 1.82) is 0 Å². The third-order valence-corrected chi connectivity index (χ3v) is 11.8. The Labute approximate surface area is 229 Å². The molecular formula is C34H36O5. The van der Waals surface area contributed by atoms with Crippen molar-refractivity contribution in [1.82, 2.24) is 0 Å². The maximum atomic E-state index is 13.2.